The summed E-state index contributed by atoms with van der Waals surface area (Å²) in [5, 5.41) is 3.43. The van der Waals surface area contributed by atoms with E-state index in [1.54, 1.807) is 6.26 Å². The summed E-state index contributed by atoms with van der Waals surface area (Å²) in [7, 11) is 0. The highest BCUT2D eigenvalue weighted by Gasteiger charge is 2.06. The van der Waals surface area contributed by atoms with Gasteiger partial charge in [0.2, 0.25) is 0 Å². The maximum atomic E-state index is 5.34. The average Bonchev–Trinajstić information content (AvgIpc) is 2.79. The highest BCUT2D eigenvalue weighted by Crippen LogP contribution is 2.13. The van der Waals surface area contributed by atoms with Crippen molar-refractivity contribution in [3.63, 3.8) is 0 Å². The Morgan fingerprint density at radius 1 is 1.25 bits per heavy atom. The van der Waals surface area contributed by atoms with Crippen LogP contribution < -0.4 is 5.32 Å². The first kappa shape index (κ1) is 11.0. The zero-order valence-corrected chi connectivity index (χ0v) is 9.73. The number of hydrogen-bond acceptors (Lipinski definition) is 2. The Labute approximate surface area is 96.3 Å². The number of benzene rings is 1. The topological polar surface area (TPSA) is 25.2 Å². The molecule has 0 fully saturated rings. The molecule has 0 aliphatic heterocycles. The lowest BCUT2D eigenvalue weighted by Gasteiger charge is -2.11. The average molecular weight is 215 g/mol. The van der Waals surface area contributed by atoms with Gasteiger partial charge in [-0.2, -0.15) is 0 Å². The second-order valence-electron chi connectivity index (χ2n) is 4.11. The van der Waals surface area contributed by atoms with Gasteiger partial charge in [0.25, 0.3) is 0 Å². The zero-order chi connectivity index (χ0) is 11.4. The van der Waals surface area contributed by atoms with Crippen molar-refractivity contribution in [2.45, 2.75) is 26.4 Å². The third-order valence-electron chi connectivity index (χ3n) is 2.66. The van der Waals surface area contributed by atoms with Gasteiger partial charge in [-0.15, -0.1) is 0 Å². The van der Waals surface area contributed by atoms with Gasteiger partial charge in [-0.3, -0.25) is 0 Å². The Balaban J connectivity index is 1.92. The minimum Gasteiger partial charge on any atom is -0.468 e. The van der Waals surface area contributed by atoms with Crippen molar-refractivity contribution in [2.75, 3.05) is 0 Å². The molecule has 0 amide bonds. The van der Waals surface area contributed by atoms with E-state index in [-0.39, 0.29) is 6.04 Å². The van der Waals surface area contributed by atoms with E-state index in [4.69, 9.17) is 4.42 Å². The van der Waals surface area contributed by atoms with Gasteiger partial charge >= 0.3 is 0 Å². The van der Waals surface area contributed by atoms with Gasteiger partial charge in [-0.05, 0) is 31.5 Å². The second-order valence-corrected chi connectivity index (χ2v) is 4.11. The van der Waals surface area contributed by atoms with Gasteiger partial charge in [0, 0.05) is 6.54 Å². The molecule has 1 N–H and O–H groups in total. The molecule has 0 aliphatic carbocycles. The molecular formula is C14H17NO. The Morgan fingerprint density at radius 3 is 2.81 bits per heavy atom. The van der Waals surface area contributed by atoms with E-state index >= 15 is 0 Å². The van der Waals surface area contributed by atoms with Crippen molar-refractivity contribution in [2.24, 2.45) is 0 Å². The minimum absolute atomic E-state index is 0.246. The Hall–Kier alpha value is -1.54. The van der Waals surface area contributed by atoms with Crippen LogP contribution in [0, 0.1) is 6.92 Å². The summed E-state index contributed by atoms with van der Waals surface area (Å²) in [5.74, 6) is 0.979. The molecule has 0 saturated heterocycles. The zero-order valence-electron chi connectivity index (χ0n) is 9.73. The van der Waals surface area contributed by atoms with E-state index < -0.39 is 0 Å². The molecule has 0 aliphatic rings. The van der Waals surface area contributed by atoms with E-state index in [1.807, 2.05) is 12.1 Å². The number of rotatable bonds is 4. The highest BCUT2D eigenvalue weighted by molar-refractivity contribution is 5.22. The summed E-state index contributed by atoms with van der Waals surface area (Å²) in [6.45, 7) is 5.08. The summed E-state index contributed by atoms with van der Waals surface area (Å²) < 4.78 is 5.34. The smallest absolute Gasteiger partial charge is 0.120 e. The van der Waals surface area contributed by atoms with Gasteiger partial charge in [0.1, 0.15) is 5.76 Å². The van der Waals surface area contributed by atoms with Crippen LogP contribution in [0.15, 0.2) is 47.1 Å². The molecule has 0 radical (unpaired) electrons. The number of furan rings is 1. The van der Waals surface area contributed by atoms with Gasteiger partial charge < -0.3 is 9.73 Å². The molecule has 16 heavy (non-hydrogen) atoms. The molecule has 2 heteroatoms. The van der Waals surface area contributed by atoms with Crippen LogP contribution in [-0.4, -0.2) is 0 Å². The van der Waals surface area contributed by atoms with Crippen LogP contribution in [0.3, 0.4) is 0 Å². The van der Waals surface area contributed by atoms with Crippen molar-refractivity contribution in [1.29, 1.82) is 0 Å². The van der Waals surface area contributed by atoms with Crippen molar-refractivity contribution in [1.82, 2.24) is 5.32 Å². The lowest BCUT2D eigenvalue weighted by molar-refractivity contribution is 0.430. The number of nitrogens with one attached hydrogen (secondary N) is 1. The molecule has 0 unspecified atom stereocenters. The van der Waals surface area contributed by atoms with Crippen molar-refractivity contribution >= 4 is 0 Å². The first-order chi connectivity index (χ1) is 7.75. The first-order valence-corrected chi connectivity index (χ1v) is 5.58. The van der Waals surface area contributed by atoms with Crippen LogP contribution in [0.2, 0.25) is 0 Å². The predicted octanol–water partition coefficient (Wildman–Crippen LogP) is 3.44. The van der Waals surface area contributed by atoms with Crippen LogP contribution in [-0.2, 0) is 6.54 Å². The third kappa shape index (κ3) is 2.74. The summed E-state index contributed by atoms with van der Waals surface area (Å²) in [5.41, 5.74) is 2.60. The van der Waals surface area contributed by atoms with E-state index in [2.05, 4.69) is 43.4 Å². The standard InChI is InChI=1S/C14H17NO/c1-11-5-3-6-13(9-11)10-15-12(2)14-7-4-8-16-14/h3-9,12,15H,10H2,1-2H3/t12-/m0/s1. The molecule has 2 aromatic rings. The quantitative estimate of drug-likeness (QED) is 0.845. The van der Waals surface area contributed by atoms with Crippen LogP contribution in [0.1, 0.15) is 29.9 Å². The normalized spacial score (nSPS) is 12.6. The van der Waals surface area contributed by atoms with E-state index in [1.165, 1.54) is 11.1 Å². The largest absolute Gasteiger partial charge is 0.468 e. The summed E-state index contributed by atoms with van der Waals surface area (Å²) in [6, 6.07) is 12.7. The maximum Gasteiger partial charge on any atom is 0.120 e. The summed E-state index contributed by atoms with van der Waals surface area (Å²) in [6.07, 6.45) is 1.71. The Morgan fingerprint density at radius 2 is 2.12 bits per heavy atom. The fraction of sp³-hybridized carbons (Fsp3) is 0.286. The molecule has 0 spiro atoms. The minimum atomic E-state index is 0.246. The van der Waals surface area contributed by atoms with E-state index in [0.717, 1.165) is 12.3 Å². The van der Waals surface area contributed by atoms with E-state index in [9.17, 15) is 0 Å². The molecular weight excluding hydrogens is 198 g/mol. The number of hydrogen-bond donors (Lipinski definition) is 1. The van der Waals surface area contributed by atoms with Gasteiger partial charge in [0.15, 0.2) is 0 Å². The fourth-order valence-electron chi connectivity index (χ4n) is 1.73. The van der Waals surface area contributed by atoms with E-state index in [0.29, 0.717) is 0 Å². The molecule has 2 rings (SSSR count). The fourth-order valence-corrected chi connectivity index (χ4v) is 1.73. The lowest BCUT2D eigenvalue weighted by atomic mass is 10.1. The van der Waals surface area contributed by atoms with Gasteiger partial charge in [-0.1, -0.05) is 29.8 Å². The monoisotopic (exact) mass is 215 g/mol. The van der Waals surface area contributed by atoms with Crippen LogP contribution in [0.4, 0.5) is 0 Å². The highest BCUT2D eigenvalue weighted by atomic mass is 16.3. The summed E-state index contributed by atoms with van der Waals surface area (Å²) >= 11 is 0. The Kier molecular flexibility index (Phi) is 3.42. The molecule has 84 valence electrons. The molecule has 1 heterocycles. The molecule has 0 saturated carbocycles. The van der Waals surface area contributed by atoms with Crippen molar-refractivity contribution in [3.05, 3.63) is 59.5 Å². The van der Waals surface area contributed by atoms with Crippen LogP contribution >= 0.6 is 0 Å². The molecule has 0 bridgehead atoms. The lowest BCUT2D eigenvalue weighted by Crippen LogP contribution is -2.17. The summed E-state index contributed by atoms with van der Waals surface area (Å²) in [4.78, 5) is 0. The SMILES string of the molecule is Cc1cccc(CN[C@@H](C)c2ccco2)c1. The Bertz CT molecular complexity index is 434. The molecule has 1 aromatic carbocycles. The van der Waals surface area contributed by atoms with Crippen LogP contribution in [0.25, 0.3) is 0 Å². The first-order valence-electron chi connectivity index (χ1n) is 5.58. The maximum absolute atomic E-state index is 5.34. The second kappa shape index (κ2) is 4.99. The molecule has 1 atom stereocenters. The van der Waals surface area contributed by atoms with Gasteiger partial charge in [-0.25, -0.2) is 0 Å². The molecule has 2 nitrogen and oxygen atoms in total. The third-order valence-corrected chi connectivity index (χ3v) is 2.66. The predicted molar refractivity (Wildman–Crippen MR) is 65.1 cm³/mol. The van der Waals surface area contributed by atoms with Crippen molar-refractivity contribution < 1.29 is 4.42 Å². The number of aryl methyl sites for hydroxylation is 1. The molecule has 1 aromatic heterocycles. The van der Waals surface area contributed by atoms with Gasteiger partial charge in [0.05, 0.1) is 12.3 Å². The van der Waals surface area contributed by atoms with Crippen molar-refractivity contribution in [3.8, 4) is 0 Å². The van der Waals surface area contributed by atoms with Crippen LogP contribution in [0.5, 0.6) is 0 Å².